The Kier molecular flexibility index (Phi) is 7.46. The fourth-order valence-electron chi connectivity index (χ4n) is 2.44. The summed E-state index contributed by atoms with van der Waals surface area (Å²) in [4.78, 5) is 12.3. The van der Waals surface area contributed by atoms with E-state index in [4.69, 9.17) is 22.1 Å². The number of hydrogen-bond acceptors (Lipinski definition) is 3. The summed E-state index contributed by atoms with van der Waals surface area (Å²) < 4.78 is 5.31. The van der Waals surface area contributed by atoms with Crippen LogP contribution in [0.25, 0.3) is 0 Å². The van der Waals surface area contributed by atoms with Gasteiger partial charge in [0.05, 0.1) is 5.41 Å². The Morgan fingerprint density at radius 3 is 2.48 bits per heavy atom. The molecule has 0 saturated carbocycles. The van der Waals surface area contributed by atoms with Gasteiger partial charge in [-0.05, 0) is 37.0 Å². The Labute approximate surface area is 136 Å². The summed E-state index contributed by atoms with van der Waals surface area (Å²) in [5.74, 6) is 0.0530. The average molecular weight is 333 g/mol. The highest BCUT2D eigenvalue weighted by Crippen LogP contribution is 2.29. The van der Waals surface area contributed by atoms with Crippen LogP contribution < -0.4 is 11.1 Å². The number of nitrogens with two attached hydrogens (primary N) is 1. The Balaban J connectivity index is 0.00000220. The molecule has 1 heterocycles. The fourth-order valence-corrected chi connectivity index (χ4v) is 2.57. The molecule has 1 aliphatic heterocycles. The number of rotatable bonds is 5. The van der Waals surface area contributed by atoms with Crippen LogP contribution in [0.15, 0.2) is 24.3 Å². The molecule has 6 heteroatoms. The molecule has 0 spiro atoms. The molecule has 0 atom stereocenters. The zero-order valence-electron chi connectivity index (χ0n) is 11.9. The van der Waals surface area contributed by atoms with Crippen molar-refractivity contribution in [3.05, 3.63) is 34.9 Å². The summed E-state index contributed by atoms with van der Waals surface area (Å²) in [6.07, 6.45) is 2.20. The van der Waals surface area contributed by atoms with Crippen LogP contribution in [0.3, 0.4) is 0 Å². The highest BCUT2D eigenvalue weighted by atomic mass is 35.5. The van der Waals surface area contributed by atoms with Crippen LogP contribution in [-0.2, 0) is 16.0 Å². The van der Waals surface area contributed by atoms with Crippen molar-refractivity contribution in [3.8, 4) is 0 Å². The molecule has 2 rings (SSSR count). The first-order chi connectivity index (χ1) is 9.66. The van der Waals surface area contributed by atoms with Crippen molar-refractivity contribution in [1.82, 2.24) is 5.32 Å². The molecular formula is C15H22Cl2N2O2. The molecule has 0 aliphatic carbocycles. The first-order valence-electron chi connectivity index (χ1n) is 6.97. The van der Waals surface area contributed by atoms with Gasteiger partial charge in [-0.1, -0.05) is 23.7 Å². The minimum Gasteiger partial charge on any atom is -0.381 e. The molecule has 1 aliphatic rings. The lowest BCUT2D eigenvalue weighted by Gasteiger charge is -2.34. The first-order valence-corrected chi connectivity index (χ1v) is 7.35. The third-order valence-corrected chi connectivity index (χ3v) is 4.19. The molecule has 0 radical (unpaired) electrons. The lowest BCUT2D eigenvalue weighted by atomic mass is 9.79. The molecule has 0 unspecified atom stereocenters. The lowest BCUT2D eigenvalue weighted by molar-refractivity contribution is -0.135. The quantitative estimate of drug-likeness (QED) is 0.868. The Morgan fingerprint density at radius 1 is 1.29 bits per heavy atom. The van der Waals surface area contributed by atoms with Crippen LogP contribution in [0.1, 0.15) is 18.4 Å². The number of nitrogens with one attached hydrogen (secondary N) is 1. The summed E-state index contributed by atoms with van der Waals surface area (Å²) in [7, 11) is 0. The second-order valence-corrected chi connectivity index (χ2v) is 5.67. The lowest BCUT2D eigenvalue weighted by Crippen LogP contribution is -2.49. The largest absolute Gasteiger partial charge is 0.381 e. The van der Waals surface area contributed by atoms with Crippen molar-refractivity contribution < 1.29 is 9.53 Å². The molecule has 1 aromatic rings. The van der Waals surface area contributed by atoms with Gasteiger partial charge in [-0.2, -0.15) is 0 Å². The van der Waals surface area contributed by atoms with E-state index in [0.29, 0.717) is 39.1 Å². The summed E-state index contributed by atoms with van der Waals surface area (Å²) in [6, 6.07) is 7.67. The number of carbonyl (C=O) groups is 1. The number of amides is 1. The minimum atomic E-state index is -0.446. The van der Waals surface area contributed by atoms with Gasteiger partial charge in [-0.25, -0.2) is 0 Å². The van der Waals surface area contributed by atoms with Gasteiger partial charge in [0, 0.05) is 31.3 Å². The van der Waals surface area contributed by atoms with Gasteiger partial charge < -0.3 is 15.8 Å². The van der Waals surface area contributed by atoms with Crippen LogP contribution in [0.5, 0.6) is 0 Å². The van der Waals surface area contributed by atoms with Gasteiger partial charge in [-0.3, -0.25) is 4.79 Å². The van der Waals surface area contributed by atoms with E-state index in [2.05, 4.69) is 5.32 Å². The van der Waals surface area contributed by atoms with Crippen molar-refractivity contribution in [2.45, 2.75) is 19.3 Å². The Morgan fingerprint density at radius 2 is 1.90 bits per heavy atom. The zero-order chi connectivity index (χ0) is 14.4. The SMILES string of the molecule is Cl.NCC1(C(=O)NCCc2ccc(Cl)cc2)CCOCC1. The second kappa shape index (κ2) is 8.59. The maximum absolute atomic E-state index is 12.3. The first kappa shape index (κ1) is 18.2. The van der Waals surface area contributed by atoms with Crippen molar-refractivity contribution in [1.29, 1.82) is 0 Å². The van der Waals surface area contributed by atoms with Crippen molar-refractivity contribution in [2.75, 3.05) is 26.3 Å². The minimum absolute atomic E-state index is 0. The van der Waals surface area contributed by atoms with Crippen LogP contribution in [-0.4, -0.2) is 32.2 Å². The fraction of sp³-hybridized carbons (Fsp3) is 0.533. The van der Waals surface area contributed by atoms with Crippen molar-refractivity contribution >= 4 is 29.9 Å². The van der Waals surface area contributed by atoms with Gasteiger partial charge in [0.25, 0.3) is 0 Å². The highest BCUT2D eigenvalue weighted by molar-refractivity contribution is 6.30. The van der Waals surface area contributed by atoms with Gasteiger partial charge in [-0.15, -0.1) is 12.4 Å². The molecule has 3 N–H and O–H groups in total. The van der Waals surface area contributed by atoms with Crippen LogP contribution in [0, 0.1) is 5.41 Å². The van der Waals surface area contributed by atoms with E-state index in [0.717, 1.165) is 17.0 Å². The summed E-state index contributed by atoms with van der Waals surface area (Å²) in [5, 5.41) is 3.72. The number of ether oxygens (including phenoxy) is 1. The van der Waals surface area contributed by atoms with E-state index in [-0.39, 0.29) is 18.3 Å². The molecule has 1 saturated heterocycles. The number of benzene rings is 1. The maximum atomic E-state index is 12.3. The molecule has 0 bridgehead atoms. The Hall–Kier alpha value is -0.810. The molecular weight excluding hydrogens is 311 g/mol. The average Bonchev–Trinajstić information content (AvgIpc) is 2.50. The standard InChI is InChI=1S/C15H21ClN2O2.ClH/c16-13-3-1-12(2-4-13)5-8-18-14(19)15(11-17)6-9-20-10-7-15;/h1-4H,5-11,17H2,(H,18,19);1H. The number of hydrogen-bond donors (Lipinski definition) is 2. The molecule has 1 aromatic carbocycles. The Bertz CT molecular complexity index is 445. The van der Waals surface area contributed by atoms with E-state index >= 15 is 0 Å². The molecule has 4 nitrogen and oxygen atoms in total. The zero-order valence-corrected chi connectivity index (χ0v) is 13.5. The molecule has 0 aromatic heterocycles. The predicted molar refractivity (Wildman–Crippen MR) is 87.0 cm³/mol. The van der Waals surface area contributed by atoms with E-state index in [1.807, 2.05) is 24.3 Å². The van der Waals surface area contributed by atoms with Crippen LogP contribution >= 0.6 is 24.0 Å². The number of halogens is 2. The van der Waals surface area contributed by atoms with Crippen LogP contribution in [0.2, 0.25) is 5.02 Å². The smallest absolute Gasteiger partial charge is 0.227 e. The third-order valence-electron chi connectivity index (χ3n) is 3.93. The molecule has 21 heavy (non-hydrogen) atoms. The van der Waals surface area contributed by atoms with Crippen LogP contribution in [0.4, 0.5) is 0 Å². The monoisotopic (exact) mass is 332 g/mol. The highest BCUT2D eigenvalue weighted by Gasteiger charge is 2.38. The van der Waals surface area contributed by atoms with Gasteiger partial charge in [0.2, 0.25) is 5.91 Å². The maximum Gasteiger partial charge on any atom is 0.227 e. The molecule has 1 amide bonds. The normalized spacial score (nSPS) is 16.9. The summed E-state index contributed by atoms with van der Waals surface area (Å²) >= 11 is 5.84. The van der Waals surface area contributed by atoms with Gasteiger partial charge in [0.15, 0.2) is 0 Å². The van der Waals surface area contributed by atoms with E-state index in [9.17, 15) is 4.79 Å². The van der Waals surface area contributed by atoms with E-state index in [1.165, 1.54) is 0 Å². The van der Waals surface area contributed by atoms with Crippen molar-refractivity contribution in [3.63, 3.8) is 0 Å². The molecule has 118 valence electrons. The second-order valence-electron chi connectivity index (χ2n) is 5.23. The summed E-state index contributed by atoms with van der Waals surface area (Å²) in [6.45, 7) is 2.22. The summed E-state index contributed by atoms with van der Waals surface area (Å²) in [5.41, 5.74) is 6.52. The van der Waals surface area contributed by atoms with Gasteiger partial charge >= 0.3 is 0 Å². The third kappa shape index (κ3) is 4.85. The predicted octanol–water partition coefficient (Wildman–Crippen LogP) is 2.18. The van der Waals surface area contributed by atoms with E-state index in [1.54, 1.807) is 0 Å². The van der Waals surface area contributed by atoms with Crippen molar-refractivity contribution in [2.24, 2.45) is 11.1 Å². The number of carbonyl (C=O) groups excluding carboxylic acids is 1. The topological polar surface area (TPSA) is 64.4 Å². The van der Waals surface area contributed by atoms with Gasteiger partial charge in [0.1, 0.15) is 0 Å². The van der Waals surface area contributed by atoms with E-state index < -0.39 is 5.41 Å². The molecule has 1 fully saturated rings.